The average Bonchev–Trinajstić information content (AvgIpc) is 3.03. The number of ether oxygens (including phenoxy) is 1. The zero-order valence-corrected chi connectivity index (χ0v) is 13.2. The van der Waals surface area contributed by atoms with Crippen LogP contribution >= 0.6 is 0 Å². The molecule has 0 unspecified atom stereocenters. The van der Waals surface area contributed by atoms with E-state index in [0.29, 0.717) is 36.6 Å². The second-order valence-electron chi connectivity index (χ2n) is 5.74. The SMILES string of the molecule is NC(=O)c1ccccc1O[C@H]1CCN(c2ccc(C(F)(F)F)cn2)C1. The van der Waals surface area contributed by atoms with Crippen LogP contribution in [0.15, 0.2) is 42.6 Å². The van der Waals surface area contributed by atoms with Gasteiger partial charge >= 0.3 is 6.18 Å². The standard InChI is InChI=1S/C17H16F3N3O2/c18-17(19,20)11-5-6-15(22-9-11)23-8-7-12(10-23)25-14-4-2-1-3-13(14)16(21)24/h1-6,9,12H,7-8,10H2,(H2,21,24)/t12-/m0/s1. The van der Waals surface area contributed by atoms with Gasteiger partial charge in [0.05, 0.1) is 17.7 Å². The summed E-state index contributed by atoms with van der Waals surface area (Å²) < 4.78 is 43.6. The van der Waals surface area contributed by atoms with Gasteiger partial charge in [-0.3, -0.25) is 4.79 Å². The zero-order valence-electron chi connectivity index (χ0n) is 13.2. The molecule has 1 amide bonds. The van der Waals surface area contributed by atoms with Crippen molar-refractivity contribution in [3.8, 4) is 5.75 Å². The van der Waals surface area contributed by atoms with Gasteiger partial charge in [-0.05, 0) is 24.3 Å². The number of nitrogens with two attached hydrogens (primary N) is 1. The fourth-order valence-corrected chi connectivity index (χ4v) is 2.73. The molecule has 1 fully saturated rings. The number of rotatable bonds is 4. The number of primary amides is 1. The van der Waals surface area contributed by atoms with Crippen LogP contribution in [0.4, 0.5) is 19.0 Å². The number of amides is 1. The Bertz CT molecular complexity index is 762. The molecule has 1 aliphatic heterocycles. The Balaban J connectivity index is 1.67. The van der Waals surface area contributed by atoms with Crippen molar-refractivity contribution in [2.24, 2.45) is 5.73 Å². The van der Waals surface area contributed by atoms with Gasteiger partial charge in [-0.15, -0.1) is 0 Å². The summed E-state index contributed by atoms with van der Waals surface area (Å²) in [4.78, 5) is 17.2. The number of anilines is 1. The van der Waals surface area contributed by atoms with Crippen LogP contribution in [0.5, 0.6) is 5.75 Å². The largest absolute Gasteiger partial charge is 0.488 e. The van der Waals surface area contributed by atoms with E-state index < -0.39 is 17.6 Å². The van der Waals surface area contributed by atoms with E-state index in [0.717, 1.165) is 12.3 Å². The summed E-state index contributed by atoms with van der Waals surface area (Å²) in [5.74, 6) is 0.291. The number of hydrogen-bond acceptors (Lipinski definition) is 4. The zero-order chi connectivity index (χ0) is 18.0. The molecule has 0 saturated carbocycles. The molecule has 3 rings (SSSR count). The normalized spacial score (nSPS) is 17.6. The third kappa shape index (κ3) is 3.84. The molecule has 0 spiro atoms. The fraction of sp³-hybridized carbons (Fsp3) is 0.294. The van der Waals surface area contributed by atoms with Crippen LogP contribution in [-0.4, -0.2) is 30.1 Å². The summed E-state index contributed by atoms with van der Waals surface area (Å²) in [7, 11) is 0. The van der Waals surface area contributed by atoms with Crippen molar-refractivity contribution >= 4 is 11.7 Å². The molecule has 1 atom stereocenters. The molecule has 0 radical (unpaired) electrons. The molecule has 132 valence electrons. The minimum Gasteiger partial charge on any atom is -0.488 e. The maximum Gasteiger partial charge on any atom is 0.417 e. The van der Waals surface area contributed by atoms with E-state index in [1.54, 1.807) is 24.3 Å². The van der Waals surface area contributed by atoms with Crippen LogP contribution in [0, 0.1) is 0 Å². The van der Waals surface area contributed by atoms with Crippen molar-refractivity contribution in [3.05, 3.63) is 53.7 Å². The number of para-hydroxylation sites is 1. The van der Waals surface area contributed by atoms with Gasteiger partial charge in [-0.25, -0.2) is 4.98 Å². The van der Waals surface area contributed by atoms with Crippen LogP contribution in [0.25, 0.3) is 0 Å². The number of benzene rings is 1. The fourth-order valence-electron chi connectivity index (χ4n) is 2.73. The lowest BCUT2D eigenvalue weighted by atomic mass is 10.2. The first-order chi connectivity index (χ1) is 11.8. The lowest BCUT2D eigenvalue weighted by molar-refractivity contribution is -0.137. The van der Waals surface area contributed by atoms with Crippen LogP contribution in [0.1, 0.15) is 22.3 Å². The Kier molecular flexibility index (Phi) is 4.52. The maximum atomic E-state index is 12.6. The van der Waals surface area contributed by atoms with Crippen LogP contribution in [0.2, 0.25) is 0 Å². The number of pyridine rings is 1. The van der Waals surface area contributed by atoms with Gasteiger partial charge in [0, 0.05) is 19.2 Å². The van der Waals surface area contributed by atoms with Crippen molar-refractivity contribution in [1.29, 1.82) is 0 Å². The maximum absolute atomic E-state index is 12.6. The van der Waals surface area contributed by atoms with Gasteiger partial charge in [0.25, 0.3) is 5.91 Å². The Labute approximate surface area is 142 Å². The quantitative estimate of drug-likeness (QED) is 0.920. The predicted molar refractivity (Wildman–Crippen MR) is 85.4 cm³/mol. The van der Waals surface area contributed by atoms with Gasteiger partial charge in [-0.2, -0.15) is 13.2 Å². The van der Waals surface area contributed by atoms with Crippen LogP contribution in [0.3, 0.4) is 0 Å². The molecular formula is C17H16F3N3O2. The number of hydrogen-bond donors (Lipinski definition) is 1. The molecule has 25 heavy (non-hydrogen) atoms. The first kappa shape index (κ1) is 17.1. The van der Waals surface area contributed by atoms with E-state index in [9.17, 15) is 18.0 Å². The summed E-state index contributed by atoms with van der Waals surface area (Å²) >= 11 is 0. The third-order valence-electron chi connectivity index (χ3n) is 3.99. The minimum absolute atomic E-state index is 0.204. The molecule has 2 N–H and O–H groups in total. The van der Waals surface area contributed by atoms with Gasteiger partial charge in [-0.1, -0.05) is 12.1 Å². The highest BCUT2D eigenvalue weighted by Crippen LogP contribution is 2.30. The van der Waals surface area contributed by atoms with Gasteiger partial charge < -0.3 is 15.4 Å². The summed E-state index contributed by atoms with van der Waals surface area (Å²) in [5, 5.41) is 0. The van der Waals surface area contributed by atoms with Crippen molar-refractivity contribution in [3.63, 3.8) is 0 Å². The smallest absolute Gasteiger partial charge is 0.417 e. The highest BCUT2D eigenvalue weighted by atomic mass is 19.4. The lowest BCUT2D eigenvalue weighted by Crippen LogP contribution is -2.26. The number of aromatic nitrogens is 1. The Morgan fingerprint density at radius 3 is 2.64 bits per heavy atom. The van der Waals surface area contributed by atoms with E-state index in [-0.39, 0.29) is 6.10 Å². The van der Waals surface area contributed by atoms with Crippen molar-refractivity contribution in [2.45, 2.75) is 18.7 Å². The van der Waals surface area contributed by atoms with E-state index in [4.69, 9.17) is 10.5 Å². The lowest BCUT2D eigenvalue weighted by Gasteiger charge is -2.19. The number of nitrogens with zero attached hydrogens (tertiary/aromatic N) is 2. The molecule has 2 aromatic rings. The highest BCUT2D eigenvalue weighted by molar-refractivity contribution is 5.95. The van der Waals surface area contributed by atoms with Crippen molar-refractivity contribution < 1.29 is 22.7 Å². The second-order valence-corrected chi connectivity index (χ2v) is 5.74. The van der Waals surface area contributed by atoms with E-state index in [1.165, 1.54) is 6.07 Å². The Morgan fingerprint density at radius 1 is 1.24 bits per heavy atom. The molecule has 0 bridgehead atoms. The van der Waals surface area contributed by atoms with E-state index in [1.807, 2.05) is 4.90 Å². The number of carbonyl (C=O) groups is 1. The molecular weight excluding hydrogens is 335 g/mol. The summed E-state index contributed by atoms with van der Waals surface area (Å²) in [6.07, 6.45) is -3.12. The predicted octanol–water partition coefficient (Wildman–Crippen LogP) is 2.86. The second kappa shape index (κ2) is 6.62. The van der Waals surface area contributed by atoms with Crippen LogP contribution in [-0.2, 0) is 6.18 Å². The molecule has 1 aliphatic rings. The van der Waals surface area contributed by atoms with Gasteiger partial charge in [0.2, 0.25) is 0 Å². The molecule has 0 aliphatic carbocycles. The Morgan fingerprint density at radius 2 is 2.00 bits per heavy atom. The van der Waals surface area contributed by atoms with E-state index in [2.05, 4.69) is 4.98 Å². The van der Waals surface area contributed by atoms with Gasteiger partial charge in [0.1, 0.15) is 17.7 Å². The first-order valence-electron chi connectivity index (χ1n) is 7.68. The van der Waals surface area contributed by atoms with Crippen LogP contribution < -0.4 is 15.4 Å². The minimum atomic E-state index is -4.40. The highest BCUT2D eigenvalue weighted by Gasteiger charge is 2.31. The topological polar surface area (TPSA) is 68.5 Å². The van der Waals surface area contributed by atoms with Crippen molar-refractivity contribution in [1.82, 2.24) is 4.98 Å². The van der Waals surface area contributed by atoms with Crippen molar-refractivity contribution in [2.75, 3.05) is 18.0 Å². The summed E-state index contributed by atoms with van der Waals surface area (Å²) in [5.41, 5.74) is 4.85. The van der Waals surface area contributed by atoms with E-state index >= 15 is 0 Å². The third-order valence-corrected chi connectivity index (χ3v) is 3.99. The molecule has 5 nitrogen and oxygen atoms in total. The van der Waals surface area contributed by atoms with Gasteiger partial charge in [0.15, 0.2) is 0 Å². The monoisotopic (exact) mass is 351 g/mol. The number of carbonyl (C=O) groups excluding carboxylic acids is 1. The summed E-state index contributed by atoms with van der Waals surface area (Å²) in [6.45, 7) is 1.06. The average molecular weight is 351 g/mol. The molecule has 1 aromatic heterocycles. The molecule has 2 heterocycles. The summed E-state index contributed by atoms with van der Waals surface area (Å²) in [6, 6.07) is 9.05. The molecule has 1 aromatic carbocycles. The number of alkyl halides is 3. The number of halogens is 3. The Hall–Kier alpha value is -2.77. The molecule has 1 saturated heterocycles. The first-order valence-corrected chi connectivity index (χ1v) is 7.68. The molecule has 8 heteroatoms.